The molecular weight excluding hydrogens is 314 g/mol. The average molecular weight is 339 g/mol. The first-order valence-electron chi connectivity index (χ1n) is 9.38. The molecule has 1 aliphatic heterocycles. The number of fused-ring (bicyclic) bond motifs is 1. The third kappa shape index (κ3) is 3.60. The molecule has 4 rings (SSSR count). The average Bonchev–Trinajstić information content (AvgIpc) is 3.08. The quantitative estimate of drug-likeness (QED) is 0.861. The molecule has 5 nitrogen and oxygen atoms in total. The number of carbonyl (C=O) groups is 1. The molecule has 1 saturated heterocycles. The largest absolute Gasteiger partial charge is 0.342 e. The van der Waals surface area contributed by atoms with Crippen LogP contribution in [0.4, 0.5) is 0 Å². The van der Waals surface area contributed by atoms with E-state index in [1.54, 1.807) is 0 Å². The zero-order chi connectivity index (χ0) is 17.2. The Kier molecular flexibility index (Phi) is 4.55. The number of carbonyl (C=O) groups excluding carboxylic acids is 1. The minimum atomic E-state index is 0.169. The van der Waals surface area contributed by atoms with Crippen molar-refractivity contribution in [2.24, 2.45) is 0 Å². The summed E-state index contributed by atoms with van der Waals surface area (Å²) in [6, 6.07) is 6.59. The van der Waals surface area contributed by atoms with Crippen molar-refractivity contribution in [1.82, 2.24) is 15.0 Å². The van der Waals surface area contributed by atoms with Gasteiger partial charge < -0.3 is 9.42 Å². The molecule has 1 unspecified atom stereocenters. The first-order valence-corrected chi connectivity index (χ1v) is 9.38. The molecule has 1 atom stereocenters. The van der Waals surface area contributed by atoms with Crippen LogP contribution in [0.25, 0.3) is 0 Å². The van der Waals surface area contributed by atoms with E-state index in [1.807, 2.05) is 11.8 Å². The molecular formula is C20H25N3O2. The summed E-state index contributed by atoms with van der Waals surface area (Å²) in [6.07, 6.45) is 7.37. The van der Waals surface area contributed by atoms with Gasteiger partial charge in [0.05, 0.1) is 12.3 Å². The Morgan fingerprint density at radius 2 is 2.08 bits per heavy atom. The van der Waals surface area contributed by atoms with Crippen LogP contribution in [0.2, 0.25) is 0 Å². The second-order valence-corrected chi connectivity index (χ2v) is 7.35. The fourth-order valence-electron chi connectivity index (χ4n) is 4.07. The van der Waals surface area contributed by atoms with Crippen molar-refractivity contribution < 1.29 is 9.32 Å². The Morgan fingerprint density at radius 1 is 1.24 bits per heavy atom. The van der Waals surface area contributed by atoms with Crippen molar-refractivity contribution in [3.05, 3.63) is 46.6 Å². The molecule has 0 spiro atoms. The zero-order valence-corrected chi connectivity index (χ0v) is 14.8. The van der Waals surface area contributed by atoms with Crippen molar-refractivity contribution in [2.75, 3.05) is 13.1 Å². The topological polar surface area (TPSA) is 59.2 Å². The summed E-state index contributed by atoms with van der Waals surface area (Å²) in [4.78, 5) is 19.1. The van der Waals surface area contributed by atoms with E-state index in [0.717, 1.165) is 31.4 Å². The number of hydrogen-bond donors (Lipinski definition) is 0. The standard InChI is InChI=1S/C20H25N3O2/c1-14-21-20(25-22-14)18-7-4-10-23(13-18)19(24)12-15-8-9-16-5-2-3-6-17(16)11-15/h8-9,11,18H,2-7,10,12-13H2,1H3. The molecule has 5 heteroatoms. The molecule has 1 amide bonds. The van der Waals surface area contributed by atoms with Gasteiger partial charge in [0.15, 0.2) is 5.82 Å². The van der Waals surface area contributed by atoms with Crippen LogP contribution >= 0.6 is 0 Å². The summed E-state index contributed by atoms with van der Waals surface area (Å²) in [5.74, 6) is 1.70. The van der Waals surface area contributed by atoms with Gasteiger partial charge in [-0.2, -0.15) is 4.98 Å². The van der Waals surface area contributed by atoms with E-state index in [1.165, 1.54) is 30.4 Å². The highest BCUT2D eigenvalue weighted by Crippen LogP contribution is 2.27. The van der Waals surface area contributed by atoms with E-state index in [-0.39, 0.29) is 11.8 Å². The summed E-state index contributed by atoms with van der Waals surface area (Å²) in [5.41, 5.74) is 4.04. The Bertz CT molecular complexity index is 768. The summed E-state index contributed by atoms with van der Waals surface area (Å²) < 4.78 is 5.31. The number of rotatable bonds is 3. The van der Waals surface area contributed by atoms with Crippen molar-refractivity contribution in [2.45, 2.75) is 57.8 Å². The van der Waals surface area contributed by atoms with Gasteiger partial charge in [0, 0.05) is 13.1 Å². The van der Waals surface area contributed by atoms with Gasteiger partial charge >= 0.3 is 0 Å². The molecule has 2 heterocycles. The Labute approximate surface area is 148 Å². The van der Waals surface area contributed by atoms with Crippen LogP contribution in [-0.2, 0) is 24.1 Å². The highest BCUT2D eigenvalue weighted by molar-refractivity contribution is 5.79. The van der Waals surface area contributed by atoms with Gasteiger partial charge in [-0.25, -0.2) is 0 Å². The van der Waals surface area contributed by atoms with Crippen LogP contribution in [0.1, 0.15) is 60.0 Å². The van der Waals surface area contributed by atoms with E-state index in [2.05, 4.69) is 28.3 Å². The van der Waals surface area contributed by atoms with Crippen molar-refractivity contribution in [3.8, 4) is 0 Å². The molecule has 0 N–H and O–H groups in total. The van der Waals surface area contributed by atoms with Crippen LogP contribution in [0.5, 0.6) is 0 Å². The van der Waals surface area contributed by atoms with Gasteiger partial charge in [0.2, 0.25) is 11.8 Å². The lowest BCUT2D eigenvalue weighted by atomic mass is 9.90. The maximum Gasteiger partial charge on any atom is 0.231 e. The molecule has 1 aliphatic carbocycles. The van der Waals surface area contributed by atoms with E-state index in [4.69, 9.17) is 4.52 Å². The fourth-order valence-corrected chi connectivity index (χ4v) is 4.07. The molecule has 0 bridgehead atoms. The molecule has 0 radical (unpaired) electrons. The maximum atomic E-state index is 12.8. The summed E-state index contributed by atoms with van der Waals surface area (Å²) in [6.45, 7) is 3.34. The van der Waals surface area contributed by atoms with Gasteiger partial charge in [0.25, 0.3) is 0 Å². The number of benzene rings is 1. The first-order chi connectivity index (χ1) is 12.2. The van der Waals surface area contributed by atoms with Crippen LogP contribution in [0.15, 0.2) is 22.7 Å². The molecule has 1 aromatic carbocycles. The number of nitrogens with zero attached hydrogens (tertiary/aromatic N) is 3. The number of aryl methyl sites for hydroxylation is 3. The third-order valence-corrected chi connectivity index (χ3v) is 5.43. The zero-order valence-electron chi connectivity index (χ0n) is 14.8. The fraction of sp³-hybridized carbons (Fsp3) is 0.550. The number of amides is 1. The predicted octanol–water partition coefficient (Wildman–Crippen LogP) is 3.21. The smallest absolute Gasteiger partial charge is 0.231 e. The first kappa shape index (κ1) is 16.3. The van der Waals surface area contributed by atoms with Crippen LogP contribution in [0.3, 0.4) is 0 Å². The van der Waals surface area contributed by atoms with Gasteiger partial charge in [0.1, 0.15) is 0 Å². The molecule has 1 aromatic heterocycles. The second kappa shape index (κ2) is 6.98. The molecule has 25 heavy (non-hydrogen) atoms. The van der Waals surface area contributed by atoms with Gasteiger partial charge in [-0.1, -0.05) is 23.4 Å². The highest BCUT2D eigenvalue weighted by atomic mass is 16.5. The van der Waals surface area contributed by atoms with Crippen LogP contribution in [-0.4, -0.2) is 34.0 Å². The SMILES string of the molecule is Cc1noc(C2CCCN(C(=O)Cc3ccc4c(c3)CCCC4)C2)n1. The Balaban J connectivity index is 1.42. The van der Waals surface area contributed by atoms with Crippen molar-refractivity contribution in [1.29, 1.82) is 0 Å². The molecule has 2 aromatic rings. The van der Waals surface area contributed by atoms with E-state index in [9.17, 15) is 4.79 Å². The maximum absolute atomic E-state index is 12.8. The summed E-state index contributed by atoms with van der Waals surface area (Å²) >= 11 is 0. The van der Waals surface area contributed by atoms with Gasteiger partial charge in [-0.3, -0.25) is 4.79 Å². The van der Waals surface area contributed by atoms with E-state index < -0.39 is 0 Å². The highest BCUT2D eigenvalue weighted by Gasteiger charge is 2.28. The summed E-state index contributed by atoms with van der Waals surface area (Å²) in [7, 11) is 0. The number of aromatic nitrogens is 2. The van der Waals surface area contributed by atoms with Gasteiger partial charge in [-0.05, 0) is 62.1 Å². The van der Waals surface area contributed by atoms with Crippen LogP contribution < -0.4 is 0 Å². The Morgan fingerprint density at radius 3 is 2.88 bits per heavy atom. The Hall–Kier alpha value is -2.17. The lowest BCUT2D eigenvalue weighted by Crippen LogP contribution is -2.40. The molecule has 0 saturated carbocycles. The predicted molar refractivity (Wildman–Crippen MR) is 94.4 cm³/mol. The lowest BCUT2D eigenvalue weighted by molar-refractivity contribution is -0.131. The van der Waals surface area contributed by atoms with Gasteiger partial charge in [-0.15, -0.1) is 0 Å². The van der Waals surface area contributed by atoms with Crippen molar-refractivity contribution >= 4 is 5.91 Å². The monoisotopic (exact) mass is 339 g/mol. The third-order valence-electron chi connectivity index (χ3n) is 5.43. The summed E-state index contributed by atoms with van der Waals surface area (Å²) in [5, 5.41) is 3.88. The van der Waals surface area contributed by atoms with Crippen molar-refractivity contribution in [3.63, 3.8) is 0 Å². The second-order valence-electron chi connectivity index (χ2n) is 7.35. The van der Waals surface area contributed by atoms with E-state index in [0.29, 0.717) is 24.7 Å². The minimum Gasteiger partial charge on any atom is -0.342 e. The normalized spacial score (nSPS) is 20.4. The molecule has 2 aliphatic rings. The number of likely N-dealkylation sites (tertiary alicyclic amines) is 1. The van der Waals surface area contributed by atoms with Crippen LogP contribution in [0, 0.1) is 6.92 Å². The molecule has 132 valence electrons. The lowest BCUT2D eigenvalue weighted by Gasteiger charge is -2.31. The van der Waals surface area contributed by atoms with E-state index >= 15 is 0 Å². The number of piperidine rings is 1. The number of hydrogen-bond acceptors (Lipinski definition) is 4. The minimum absolute atomic E-state index is 0.169. The molecule has 1 fully saturated rings.